The molecular formula is C15H16N2O3S. The van der Waals surface area contributed by atoms with E-state index >= 15 is 0 Å². The molecule has 0 saturated heterocycles. The SMILES string of the molecule is CC[C@](NC(=O)c1csnc1C)(C(=O)O)c1ccccc1. The van der Waals surface area contributed by atoms with Crippen LogP contribution in [0.1, 0.15) is 35.0 Å². The van der Waals surface area contributed by atoms with Crippen LogP contribution in [-0.2, 0) is 10.3 Å². The number of amides is 1. The highest BCUT2D eigenvalue weighted by Crippen LogP contribution is 2.26. The topological polar surface area (TPSA) is 79.3 Å². The zero-order valence-corrected chi connectivity index (χ0v) is 12.6. The van der Waals surface area contributed by atoms with Gasteiger partial charge in [-0.25, -0.2) is 4.79 Å². The number of hydrogen-bond acceptors (Lipinski definition) is 4. The first-order valence-electron chi connectivity index (χ1n) is 6.53. The average Bonchev–Trinajstić information content (AvgIpc) is 2.91. The third-order valence-corrected chi connectivity index (χ3v) is 4.20. The van der Waals surface area contributed by atoms with Gasteiger partial charge in [0.1, 0.15) is 0 Å². The fourth-order valence-corrected chi connectivity index (χ4v) is 2.88. The number of aryl methyl sites for hydroxylation is 1. The van der Waals surface area contributed by atoms with Gasteiger partial charge < -0.3 is 10.4 Å². The minimum absolute atomic E-state index is 0.245. The number of nitrogens with one attached hydrogen (secondary N) is 1. The Morgan fingerprint density at radius 2 is 2.00 bits per heavy atom. The first-order valence-corrected chi connectivity index (χ1v) is 7.37. The van der Waals surface area contributed by atoms with Crippen LogP contribution in [0.3, 0.4) is 0 Å². The third-order valence-electron chi connectivity index (χ3n) is 3.48. The van der Waals surface area contributed by atoms with Gasteiger partial charge >= 0.3 is 5.97 Å². The Kier molecular flexibility index (Phi) is 4.37. The van der Waals surface area contributed by atoms with Gasteiger partial charge in [0.15, 0.2) is 5.54 Å². The lowest BCUT2D eigenvalue weighted by Gasteiger charge is -2.29. The number of hydrogen-bond donors (Lipinski definition) is 2. The Morgan fingerprint density at radius 3 is 2.48 bits per heavy atom. The van der Waals surface area contributed by atoms with Crippen molar-refractivity contribution < 1.29 is 14.7 Å². The molecule has 2 aromatic rings. The molecule has 1 atom stereocenters. The van der Waals surface area contributed by atoms with Crippen LogP contribution in [0.4, 0.5) is 0 Å². The number of benzene rings is 1. The molecule has 5 nitrogen and oxygen atoms in total. The van der Waals surface area contributed by atoms with Crippen molar-refractivity contribution in [2.75, 3.05) is 0 Å². The molecule has 0 fully saturated rings. The lowest BCUT2D eigenvalue weighted by Crippen LogP contribution is -2.51. The Morgan fingerprint density at radius 1 is 1.33 bits per heavy atom. The summed E-state index contributed by atoms with van der Waals surface area (Å²) in [4.78, 5) is 24.2. The zero-order valence-electron chi connectivity index (χ0n) is 11.8. The Labute approximate surface area is 126 Å². The normalized spacial score (nSPS) is 13.4. The van der Waals surface area contributed by atoms with Crippen molar-refractivity contribution in [2.24, 2.45) is 0 Å². The number of nitrogens with zero attached hydrogens (tertiary/aromatic N) is 1. The second kappa shape index (κ2) is 6.05. The molecule has 0 spiro atoms. The standard InChI is InChI=1S/C15H16N2O3S/c1-3-15(14(19)20,11-7-5-4-6-8-11)16-13(18)12-9-21-17-10(12)2/h4-9H,3H2,1-2H3,(H,16,18)(H,19,20)/t15-/m1/s1. The van der Waals surface area contributed by atoms with Gasteiger partial charge in [-0.3, -0.25) is 4.79 Å². The van der Waals surface area contributed by atoms with Gasteiger partial charge in [0.2, 0.25) is 0 Å². The quantitative estimate of drug-likeness (QED) is 0.890. The maximum absolute atomic E-state index is 12.4. The number of carbonyl (C=O) groups excluding carboxylic acids is 1. The summed E-state index contributed by atoms with van der Waals surface area (Å²) in [7, 11) is 0. The third kappa shape index (κ3) is 2.80. The molecule has 0 aliphatic carbocycles. The zero-order chi connectivity index (χ0) is 15.5. The van der Waals surface area contributed by atoms with E-state index in [1.807, 2.05) is 0 Å². The van der Waals surface area contributed by atoms with Gasteiger partial charge in [-0.05, 0) is 30.4 Å². The number of aromatic nitrogens is 1. The molecule has 0 unspecified atom stereocenters. The first kappa shape index (κ1) is 15.2. The fourth-order valence-electron chi connectivity index (χ4n) is 2.19. The van der Waals surface area contributed by atoms with Gasteiger partial charge in [0, 0.05) is 5.38 Å². The molecule has 2 rings (SSSR count). The van der Waals surface area contributed by atoms with E-state index < -0.39 is 17.4 Å². The molecule has 21 heavy (non-hydrogen) atoms. The van der Waals surface area contributed by atoms with Crippen molar-refractivity contribution in [3.63, 3.8) is 0 Å². The lowest BCUT2D eigenvalue weighted by atomic mass is 9.87. The Hall–Kier alpha value is -2.21. The summed E-state index contributed by atoms with van der Waals surface area (Å²) in [5.74, 6) is -1.50. The van der Waals surface area contributed by atoms with Crippen molar-refractivity contribution in [1.82, 2.24) is 9.69 Å². The molecule has 0 aliphatic heterocycles. The molecule has 0 saturated carbocycles. The molecular weight excluding hydrogens is 288 g/mol. The smallest absolute Gasteiger partial charge is 0.334 e. The minimum atomic E-state index is -1.44. The van der Waals surface area contributed by atoms with Gasteiger partial charge in [0.05, 0.1) is 11.3 Å². The van der Waals surface area contributed by atoms with Crippen LogP contribution in [0.5, 0.6) is 0 Å². The summed E-state index contributed by atoms with van der Waals surface area (Å²) >= 11 is 1.17. The van der Waals surface area contributed by atoms with Crippen LogP contribution in [0.15, 0.2) is 35.7 Å². The summed E-state index contributed by atoms with van der Waals surface area (Å²) in [6.07, 6.45) is 0.245. The molecule has 0 bridgehead atoms. The number of carbonyl (C=O) groups is 2. The molecule has 1 amide bonds. The van der Waals surface area contributed by atoms with Gasteiger partial charge in [0.25, 0.3) is 5.91 Å². The molecule has 1 aromatic heterocycles. The maximum Gasteiger partial charge on any atom is 0.334 e. The highest BCUT2D eigenvalue weighted by atomic mass is 32.1. The van der Waals surface area contributed by atoms with Crippen molar-refractivity contribution in [1.29, 1.82) is 0 Å². The van der Waals surface area contributed by atoms with Gasteiger partial charge in [-0.15, -0.1) is 0 Å². The molecule has 0 aliphatic rings. The van der Waals surface area contributed by atoms with Gasteiger partial charge in [-0.2, -0.15) is 4.37 Å². The van der Waals surface area contributed by atoms with E-state index in [0.717, 1.165) is 0 Å². The Bertz CT molecular complexity index is 654. The highest BCUT2D eigenvalue weighted by molar-refractivity contribution is 7.03. The monoisotopic (exact) mass is 304 g/mol. The fraction of sp³-hybridized carbons (Fsp3) is 0.267. The van der Waals surface area contributed by atoms with Crippen molar-refractivity contribution in [3.8, 4) is 0 Å². The second-order valence-electron chi connectivity index (χ2n) is 4.70. The Balaban J connectivity index is 2.41. The van der Waals surface area contributed by atoms with E-state index in [0.29, 0.717) is 16.8 Å². The molecule has 1 heterocycles. The van der Waals surface area contributed by atoms with E-state index in [1.54, 1.807) is 49.6 Å². The number of aliphatic carboxylic acids is 1. The minimum Gasteiger partial charge on any atom is -0.479 e. The predicted octanol–water partition coefficient (Wildman–Crippen LogP) is 2.57. The molecule has 2 N–H and O–H groups in total. The summed E-state index contributed by atoms with van der Waals surface area (Å²) in [6, 6.07) is 8.73. The number of carboxylic acids is 1. The second-order valence-corrected chi connectivity index (χ2v) is 5.33. The van der Waals surface area contributed by atoms with Gasteiger partial charge in [-0.1, -0.05) is 37.3 Å². The van der Waals surface area contributed by atoms with Crippen LogP contribution in [0, 0.1) is 6.92 Å². The predicted molar refractivity (Wildman–Crippen MR) is 80.4 cm³/mol. The van der Waals surface area contributed by atoms with E-state index in [2.05, 4.69) is 9.69 Å². The van der Waals surface area contributed by atoms with E-state index in [9.17, 15) is 14.7 Å². The summed E-state index contributed by atoms with van der Waals surface area (Å²) in [5, 5.41) is 14.0. The molecule has 6 heteroatoms. The highest BCUT2D eigenvalue weighted by Gasteiger charge is 2.40. The van der Waals surface area contributed by atoms with Crippen LogP contribution < -0.4 is 5.32 Å². The van der Waals surface area contributed by atoms with Crippen LogP contribution in [-0.4, -0.2) is 21.4 Å². The largest absolute Gasteiger partial charge is 0.479 e. The van der Waals surface area contributed by atoms with E-state index in [-0.39, 0.29) is 6.42 Å². The first-order chi connectivity index (χ1) is 10.0. The average molecular weight is 304 g/mol. The number of rotatable bonds is 5. The van der Waals surface area contributed by atoms with Crippen LogP contribution in [0.2, 0.25) is 0 Å². The van der Waals surface area contributed by atoms with E-state index in [4.69, 9.17) is 0 Å². The molecule has 1 aromatic carbocycles. The maximum atomic E-state index is 12.4. The summed E-state index contributed by atoms with van der Waals surface area (Å²) in [5.41, 5.74) is 0.123. The molecule has 110 valence electrons. The van der Waals surface area contributed by atoms with Crippen molar-refractivity contribution in [3.05, 3.63) is 52.5 Å². The molecule has 0 radical (unpaired) electrons. The van der Waals surface area contributed by atoms with E-state index in [1.165, 1.54) is 11.5 Å². The summed E-state index contributed by atoms with van der Waals surface area (Å²) < 4.78 is 4.04. The number of carboxylic acid groups (broad SMARTS) is 1. The van der Waals surface area contributed by atoms with Crippen LogP contribution >= 0.6 is 11.5 Å². The van der Waals surface area contributed by atoms with Crippen LogP contribution in [0.25, 0.3) is 0 Å². The lowest BCUT2D eigenvalue weighted by molar-refractivity contribution is -0.145. The van der Waals surface area contributed by atoms with Crippen molar-refractivity contribution in [2.45, 2.75) is 25.8 Å². The summed E-state index contributed by atoms with van der Waals surface area (Å²) in [6.45, 7) is 3.46. The van der Waals surface area contributed by atoms with Crippen molar-refractivity contribution >= 4 is 23.4 Å².